The summed E-state index contributed by atoms with van der Waals surface area (Å²) in [5.41, 5.74) is 2.81. The summed E-state index contributed by atoms with van der Waals surface area (Å²) in [6, 6.07) is 21.1. The molecule has 2 aromatic rings. The molecule has 2 aromatic carbocycles. The normalized spacial score (nSPS) is 8.63. The zero-order valence-electron chi connectivity index (χ0n) is 20.5. The molecular formula is C20H32N6O8Pd-2. The molecule has 0 atom stereocenters. The summed E-state index contributed by atoms with van der Waals surface area (Å²) in [6.45, 7) is 2.20. The van der Waals surface area contributed by atoms with Gasteiger partial charge < -0.3 is 49.4 Å². The quantitative estimate of drug-likeness (QED) is 0.208. The molecular weight excluding hydrogens is 559 g/mol. The van der Waals surface area contributed by atoms with E-state index in [4.69, 9.17) is 40.5 Å². The van der Waals surface area contributed by atoms with Crippen molar-refractivity contribution in [3.05, 3.63) is 112 Å². The largest absolute Gasteiger partial charge is 0.444 e. The van der Waals surface area contributed by atoms with Gasteiger partial charge in [-0.3, -0.25) is 0 Å². The Balaban J connectivity index is -0.000000117. The molecule has 0 aliphatic carbocycles. The number of nitrogens with zero attached hydrogens (tertiary/aromatic N) is 6. The first-order valence-electron chi connectivity index (χ1n) is 9.30. The summed E-state index contributed by atoms with van der Waals surface area (Å²) < 4.78 is 1.98. The van der Waals surface area contributed by atoms with E-state index in [1.165, 1.54) is 11.1 Å². The third-order valence-corrected chi connectivity index (χ3v) is 3.00. The first-order valence-corrected chi connectivity index (χ1v) is 9.30. The van der Waals surface area contributed by atoms with E-state index in [2.05, 4.69) is 103 Å². The van der Waals surface area contributed by atoms with Gasteiger partial charge >= 0.3 is 0 Å². The zero-order chi connectivity index (χ0) is 27.5. The van der Waals surface area contributed by atoms with Gasteiger partial charge in [-0.15, -0.1) is 21.4 Å². The van der Waals surface area contributed by atoms with E-state index in [9.17, 15) is 0 Å². The minimum Gasteiger partial charge on any atom is -0.444 e. The maximum Gasteiger partial charge on any atom is 0.104 e. The fourth-order valence-electron chi connectivity index (χ4n) is 2.26. The van der Waals surface area contributed by atoms with Crippen molar-refractivity contribution in [2.75, 3.05) is 42.3 Å². The summed E-state index contributed by atoms with van der Waals surface area (Å²) in [7, 11) is 13.2. The molecule has 0 spiro atoms. The second-order valence-corrected chi connectivity index (χ2v) is 8.17. The summed E-state index contributed by atoms with van der Waals surface area (Å²) in [4.78, 5) is 32.0. The first-order chi connectivity index (χ1) is 15.8. The van der Waals surface area contributed by atoms with Gasteiger partial charge in [0.15, 0.2) is 0 Å². The van der Waals surface area contributed by atoms with Crippen molar-refractivity contribution in [2.24, 2.45) is 21.4 Å². The average molecular weight is 591 g/mol. The Labute approximate surface area is 218 Å². The molecule has 0 N–H and O–H groups in total. The van der Waals surface area contributed by atoms with E-state index in [0.29, 0.717) is 0 Å². The third-order valence-electron chi connectivity index (χ3n) is 3.00. The van der Waals surface area contributed by atoms with Crippen molar-refractivity contribution in [1.29, 1.82) is 0 Å². The Kier molecular flexibility index (Phi) is 34.3. The summed E-state index contributed by atoms with van der Waals surface area (Å²) >= 11 is 0. The van der Waals surface area contributed by atoms with Gasteiger partial charge in [0, 0.05) is 31.5 Å². The van der Waals surface area contributed by atoms with Crippen LogP contribution in [0.15, 0.2) is 82.0 Å². The van der Waals surface area contributed by atoms with E-state index in [1.807, 2.05) is 0 Å². The van der Waals surface area contributed by atoms with Gasteiger partial charge in [-0.2, -0.15) is 0 Å². The van der Waals surface area contributed by atoms with Gasteiger partial charge in [0.2, 0.25) is 0 Å². The van der Waals surface area contributed by atoms with E-state index in [1.54, 1.807) is 0 Å². The van der Waals surface area contributed by atoms with Crippen molar-refractivity contribution < 1.29 is 29.4 Å². The van der Waals surface area contributed by atoms with Gasteiger partial charge in [0.1, 0.15) is 13.1 Å². The van der Waals surface area contributed by atoms with Gasteiger partial charge in [0.05, 0.1) is 42.3 Å². The molecule has 0 unspecified atom stereocenters. The fraction of sp³-hybridized carbons (Fsp3) is 0.400. The van der Waals surface area contributed by atoms with Crippen LogP contribution in [0.5, 0.6) is 0 Å². The number of hydrogen-bond acceptors (Lipinski definition) is 12. The molecule has 0 bridgehead atoms. The molecule has 15 heteroatoms. The van der Waals surface area contributed by atoms with E-state index < -0.39 is 0 Å². The Hall–Kier alpha value is -3.38. The van der Waals surface area contributed by atoms with Crippen LogP contribution in [-0.4, -0.2) is 51.3 Å². The molecule has 0 amide bonds. The zero-order valence-corrected chi connectivity index (χ0v) is 22.0. The maximum atomic E-state index is 8.00. The minimum atomic E-state index is 0. The van der Waals surface area contributed by atoms with Crippen LogP contribution in [-0.2, 0) is 33.5 Å². The molecule has 0 radical (unpaired) electrons. The van der Waals surface area contributed by atoms with Crippen LogP contribution in [0.25, 0.3) is 0 Å². The predicted molar refractivity (Wildman–Crippen MR) is 133 cm³/mol. The molecule has 2 rings (SSSR count). The Morgan fingerprint density at radius 1 is 0.514 bits per heavy atom. The number of rotatable bonds is 4. The molecule has 0 aliphatic heterocycles. The van der Waals surface area contributed by atoms with Crippen LogP contribution >= 0.6 is 0 Å². The number of hydrogen-bond donors (Lipinski definition) is 0. The van der Waals surface area contributed by atoms with Crippen LogP contribution in [0, 0.1) is 40.5 Å². The summed E-state index contributed by atoms with van der Waals surface area (Å²) in [5.74, 6) is 0. The summed E-state index contributed by atoms with van der Waals surface area (Å²) in [6.07, 6.45) is 0. The molecule has 0 fully saturated rings. The van der Waals surface area contributed by atoms with Gasteiger partial charge in [-0.1, -0.05) is 60.7 Å². The Morgan fingerprint density at radius 3 is 0.829 bits per heavy atom. The number of quaternary nitrogens is 2. The monoisotopic (exact) mass is 590 g/mol. The third kappa shape index (κ3) is 49.0. The second-order valence-electron chi connectivity index (χ2n) is 8.17. The summed E-state index contributed by atoms with van der Waals surface area (Å²) in [5, 5.41) is 36.0. The minimum absolute atomic E-state index is 0. The maximum absolute atomic E-state index is 8.00. The Morgan fingerprint density at radius 2 is 0.686 bits per heavy atom. The second kappa shape index (κ2) is 28.7. The SMILES string of the molecule is C[N+](C)(C)Cc1ccccc1.C[N+](C)(C)Cc1ccccc1.O=N[O-].O=N[O-].O=N[O-].O=N[O-].[Pd]. The molecule has 0 saturated carbocycles. The predicted octanol–water partition coefficient (Wildman–Crippen LogP) is 4.79. The van der Waals surface area contributed by atoms with Gasteiger partial charge in [-0.25, -0.2) is 0 Å². The topological polar surface area (TPSA) is 210 Å². The van der Waals surface area contributed by atoms with Crippen LogP contribution in [0.3, 0.4) is 0 Å². The van der Waals surface area contributed by atoms with Gasteiger partial charge in [-0.05, 0) is 0 Å². The van der Waals surface area contributed by atoms with Crippen molar-refractivity contribution in [3.63, 3.8) is 0 Å². The molecule has 0 aliphatic rings. The Bertz CT molecular complexity index is 654. The van der Waals surface area contributed by atoms with Crippen LogP contribution in [0.2, 0.25) is 0 Å². The standard InChI is InChI=1S/2C10H16N.4HNO2.Pd/c2*1-11(2,3)9-10-7-5-4-6-8-10;4*2-1-3;/h2*4-8H,9H2,1-3H3;4*(H,2,3);/q2*+1;;;;;/p-4. The molecule has 0 saturated heterocycles. The van der Waals surface area contributed by atoms with Crippen molar-refractivity contribution in [3.8, 4) is 0 Å². The first kappa shape index (κ1) is 41.8. The number of benzene rings is 2. The smallest absolute Gasteiger partial charge is 0.104 e. The molecule has 14 nitrogen and oxygen atoms in total. The fourth-order valence-corrected chi connectivity index (χ4v) is 2.26. The van der Waals surface area contributed by atoms with Crippen LogP contribution in [0.1, 0.15) is 11.1 Å². The van der Waals surface area contributed by atoms with Crippen molar-refractivity contribution >= 4 is 0 Å². The molecule has 202 valence electrons. The molecule has 0 aromatic heterocycles. The van der Waals surface area contributed by atoms with Crippen molar-refractivity contribution in [1.82, 2.24) is 0 Å². The molecule has 35 heavy (non-hydrogen) atoms. The molecule has 0 heterocycles. The van der Waals surface area contributed by atoms with Crippen LogP contribution in [0.4, 0.5) is 0 Å². The van der Waals surface area contributed by atoms with E-state index in [0.717, 1.165) is 43.4 Å². The van der Waals surface area contributed by atoms with Crippen LogP contribution < -0.4 is 0 Å². The van der Waals surface area contributed by atoms with Gasteiger partial charge in [0.25, 0.3) is 0 Å². The average Bonchev–Trinajstić information content (AvgIpc) is 2.70. The van der Waals surface area contributed by atoms with E-state index in [-0.39, 0.29) is 20.4 Å². The van der Waals surface area contributed by atoms with Crippen molar-refractivity contribution in [2.45, 2.75) is 13.1 Å². The van der Waals surface area contributed by atoms with E-state index >= 15 is 0 Å².